The van der Waals surface area contributed by atoms with E-state index < -0.39 is 15.9 Å². The van der Waals surface area contributed by atoms with E-state index in [0.717, 1.165) is 10.1 Å². The van der Waals surface area contributed by atoms with Crippen molar-refractivity contribution in [3.63, 3.8) is 0 Å². The summed E-state index contributed by atoms with van der Waals surface area (Å²) < 4.78 is 38.3. The van der Waals surface area contributed by atoms with Crippen molar-refractivity contribution in [3.05, 3.63) is 23.8 Å². The second-order valence-corrected chi connectivity index (χ2v) is 10.1. The van der Waals surface area contributed by atoms with E-state index in [1.807, 2.05) is 6.92 Å². The Balaban J connectivity index is 1.86. The van der Waals surface area contributed by atoms with Gasteiger partial charge < -0.3 is 9.47 Å². The number of thioether (sulfide) groups is 1. The Morgan fingerprint density at radius 1 is 1.36 bits per heavy atom. The first kappa shape index (κ1) is 21.0. The summed E-state index contributed by atoms with van der Waals surface area (Å²) in [5, 5.41) is 10.9. The Kier molecular flexibility index (Phi) is 6.88. The molecule has 152 valence electrons. The first-order valence-corrected chi connectivity index (χ1v) is 11.7. The lowest BCUT2D eigenvalue weighted by molar-refractivity contribution is 0.0730. The summed E-state index contributed by atoms with van der Waals surface area (Å²) in [7, 11) is -2.31. The number of carbonyl (C=O) groups excluding carboxylic acids is 1. The minimum absolute atomic E-state index is 0.0276. The van der Waals surface area contributed by atoms with Gasteiger partial charge in [-0.2, -0.15) is 4.31 Å². The van der Waals surface area contributed by atoms with Crippen LogP contribution in [0.25, 0.3) is 0 Å². The lowest BCUT2D eigenvalue weighted by Crippen LogP contribution is -2.40. The van der Waals surface area contributed by atoms with Gasteiger partial charge in [-0.3, -0.25) is 10.1 Å². The zero-order valence-corrected chi connectivity index (χ0v) is 17.8. The maximum atomic E-state index is 12.9. The van der Waals surface area contributed by atoms with Crippen molar-refractivity contribution >= 4 is 44.2 Å². The van der Waals surface area contributed by atoms with Crippen molar-refractivity contribution in [2.75, 3.05) is 44.5 Å². The van der Waals surface area contributed by atoms with Gasteiger partial charge in [0, 0.05) is 13.1 Å². The molecule has 0 saturated carbocycles. The van der Waals surface area contributed by atoms with Crippen LogP contribution >= 0.6 is 23.1 Å². The predicted octanol–water partition coefficient (Wildman–Crippen LogP) is 1.93. The number of benzene rings is 1. The molecule has 0 aliphatic carbocycles. The second-order valence-electron chi connectivity index (χ2n) is 5.64. The van der Waals surface area contributed by atoms with E-state index in [0.29, 0.717) is 18.3 Å². The average Bonchev–Trinajstić information content (AvgIpc) is 3.15. The van der Waals surface area contributed by atoms with E-state index in [4.69, 9.17) is 9.47 Å². The third kappa shape index (κ3) is 4.63. The van der Waals surface area contributed by atoms with E-state index in [9.17, 15) is 13.2 Å². The molecule has 1 saturated heterocycles. The number of nitrogens with one attached hydrogen (secondary N) is 1. The summed E-state index contributed by atoms with van der Waals surface area (Å²) in [5.41, 5.74) is 0.108. The molecule has 1 aliphatic rings. The number of rotatable bonds is 7. The van der Waals surface area contributed by atoms with Crippen molar-refractivity contribution < 1.29 is 22.7 Å². The summed E-state index contributed by atoms with van der Waals surface area (Å²) in [6.07, 6.45) is 0. The van der Waals surface area contributed by atoms with Crippen LogP contribution in [-0.4, -0.2) is 68.0 Å². The van der Waals surface area contributed by atoms with Gasteiger partial charge in [-0.15, -0.1) is 10.2 Å². The Bertz CT molecular complexity index is 942. The first-order valence-electron chi connectivity index (χ1n) is 8.49. The van der Waals surface area contributed by atoms with E-state index in [2.05, 4.69) is 15.5 Å². The van der Waals surface area contributed by atoms with E-state index in [1.165, 1.54) is 52.7 Å². The second kappa shape index (κ2) is 9.18. The summed E-state index contributed by atoms with van der Waals surface area (Å²) >= 11 is 2.78. The van der Waals surface area contributed by atoms with E-state index in [-0.39, 0.29) is 29.3 Å². The number of hydrogen-bond donors (Lipinski definition) is 1. The van der Waals surface area contributed by atoms with Crippen LogP contribution in [-0.2, 0) is 14.8 Å². The zero-order valence-electron chi connectivity index (χ0n) is 15.4. The quantitative estimate of drug-likeness (QED) is 0.509. The fourth-order valence-corrected chi connectivity index (χ4v) is 5.65. The lowest BCUT2D eigenvalue weighted by atomic mass is 10.2. The molecule has 0 unspecified atom stereocenters. The maximum Gasteiger partial charge on any atom is 0.261 e. The van der Waals surface area contributed by atoms with Crippen LogP contribution in [0.5, 0.6) is 5.75 Å². The van der Waals surface area contributed by atoms with Crippen molar-refractivity contribution in [3.8, 4) is 5.75 Å². The number of morpholine rings is 1. The molecular formula is C16H20N4O5S3. The van der Waals surface area contributed by atoms with Crippen LogP contribution in [0.15, 0.2) is 27.4 Å². The fraction of sp³-hybridized carbons (Fsp3) is 0.438. The molecule has 1 aliphatic heterocycles. The molecule has 1 aromatic heterocycles. The van der Waals surface area contributed by atoms with Crippen molar-refractivity contribution in [2.24, 2.45) is 0 Å². The summed E-state index contributed by atoms with van der Waals surface area (Å²) in [6.45, 7) is 3.24. The number of hydrogen-bond acceptors (Lipinski definition) is 9. The number of carbonyl (C=O) groups is 1. The number of ether oxygens (including phenoxy) is 2. The molecule has 0 spiro atoms. The van der Waals surface area contributed by atoms with Crippen LogP contribution in [0.1, 0.15) is 17.3 Å². The van der Waals surface area contributed by atoms with Crippen LogP contribution in [0.2, 0.25) is 0 Å². The molecule has 28 heavy (non-hydrogen) atoms. The maximum absolute atomic E-state index is 12.9. The largest absolute Gasteiger partial charge is 0.496 e. The number of amides is 1. The molecule has 2 aromatic rings. The van der Waals surface area contributed by atoms with Gasteiger partial charge >= 0.3 is 0 Å². The van der Waals surface area contributed by atoms with E-state index >= 15 is 0 Å². The number of sulfonamides is 1. The summed E-state index contributed by atoms with van der Waals surface area (Å²) in [4.78, 5) is 12.8. The van der Waals surface area contributed by atoms with Gasteiger partial charge in [0.1, 0.15) is 5.75 Å². The summed E-state index contributed by atoms with van der Waals surface area (Å²) in [5.74, 6) is 0.601. The molecule has 1 amide bonds. The Morgan fingerprint density at radius 3 is 2.79 bits per heavy atom. The fourth-order valence-electron chi connectivity index (χ4n) is 2.57. The van der Waals surface area contributed by atoms with E-state index in [1.54, 1.807) is 0 Å². The minimum Gasteiger partial charge on any atom is -0.496 e. The van der Waals surface area contributed by atoms with Gasteiger partial charge in [0.15, 0.2) is 4.34 Å². The van der Waals surface area contributed by atoms with Gasteiger partial charge in [0.2, 0.25) is 15.2 Å². The third-order valence-corrected chi connectivity index (χ3v) is 7.67. The smallest absolute Gasteiger partial charge is 0.261 e. The summed E-state index contributed by atoms with van der Waals surface area (Å²) in [6, 6.07) is 4.23. The lowest BCUT2D eigenvalue weighted by Gasteiger charge is -2.26. The molecule has 0 radical (unpaired) electrons. The Labute approximate surface area is 171 Å². The van der Waals surface area contributed by atoms with Crippen LogP contribution in [0.4, 0.5) is 5.13 Å². The average molecular weight is 445 g/mol. The Hall–Kier alpha value is -1.73. The van der Waals surface area contributed by atoms with Gasteiger partial charge in [-0.1, -0.05) is 30.0 Å². The SMILES string of the molecule is CCSc1nnc(NC(=O)c2cc(S(=O)(=O)N3CCOCC3)ccc2OC)s1. The molecule has 2 heterocycles. The molecule has 1 aromatic carbocycles. The first-order chi connectivity index (χ1) is 13.5. The van der Waals surface area contributed by atoms with Crippen LogP contribution < -0.4 is 10.1 Å². The minimum atomic E-state index is -3.73. The molecule has 12 heteroatoms. The highest BCUT2D eigenvalue weighted by molar-refractivity contribution is 8.01. The van der Waals surface area contributed by atoms with Crippen molar-refractivity contribution in [1.29, 1.82) is 0 Å². The highest BCUT2D eigenvalue weighted by atomic mass is 32.2. The number of anilines is 1. The zero-order chi connectivity index (χ0) is 20.1. The highest BCUT2D eigenvalue weighted by Crippen LogP contribution is 2.28. The molecular weight excluding hydrogens is 424 g/mol. The van der Waals surface area contributed by atoms with Crippen LogP contribution in [0, 0.1) is 0 Å². The normalized spacial score (nSPS) is 15.4. The standard InChI is InChI=1S/C16H20N4O5S3/c1-3-26-16-19-18-15(27-16)17-14(21)12-10-11(4-5-13(12)24-2)28(22,23)20-6-8-25-9-7-20/h4-5,10H,3,6-9H2,1-2H3,(H,17,18,21). The molecule has 0 bridgehead atoms. The Morgan fingerprint density at radius 2 is 2.11 bits per heavy atom. The van der Waals surface area contributed by atoms with Crippen molar-refractivity contribution in [1.82, 2.24) is 14.5 Å². The van der Waals surface area contributed by atoms with Gasteiger partial charge in [-0.05, 0) is 24.0 Å². The topological polar surface area (TPSA) is 111 Å². The number of nitrogens with zero attached hydrogens (tertiary/aromatic N) is 3. The molecule has 9 nitrogen and oxygen atoms in total. The predicted molar refractivity (Wildman–Crippen MR) is 107 cm³/mol. The molecule has 3 rings (SSSR count). The monoisotopic (exact) mass is 444 g/mol. The number of aromatic nitrogens is 2. The molecule has 0 atom stereocenters. The molecule has 1 N–H and O–H groups in total. The third-order valence-electron chi connectivity index (χ3n) is 3.92. The van der Waals surface area contributed by atoms with Gasteiger partial charge in [0.05, 0.1) is 30.8 Å². The number of methoxy groups -OCH3 is 1. The highest BCUT2D eigenvalue weighted by Gasteiger charge is 2.28. The van der Waals surface area contributed by atoms with Gasteiger partial charge in [-0.25, -0.2) is 8.42 Å². The molecule has 1 fully saturated rings. The van der Waals surface area contributed by atoms with Gasteiger partial charge in [0.25, 0.3) is 5.91 Å². The van der Waals surface area contributed by atoms with Crippen LogP contribution in [0.3, 0.4) is 0 Å². The van der Waals surface area contributed by atoms with Crippen molar-refractivity contribution in [2.45, 2.75) is 16.2 Å².